The number of benzene rings is 1. The van der Waals surface area contributed by atoms with Crippen molar-refractivity contribution in [3.8, 4) is 11.5 Å². The van der Waals surface area contributed by atoms with Crippen LogP contribution in [0.3, 0.4) is 0 Å². The molecule has 0 saturated heterocycles. The summed E-state index contributed by atoms with van der Waals surface area (Å²) >= 11 is 3.60. The van der Waals surface area contributed by atoms with E-state index in [1.165, 1.54) is 25.3 Å². The molecular formula is C18H24BrF3N4O2. The number of likely N-dealkylation sites (N-methyl/N-ethyl adjacent to an activating group) is 1. The molecule has 2 rings (SSSR count). The van der Waals surface area contributed by atoms with Crippen LogP contribution in [0.25, 0.3) is 5.70 Å². The van der Waals surface area contributed by atoms with Gasteiger partial charge >= 0.3 is 6.36 Å². The van der Waals surface area contributed by atoms with Crippen LogP contribution in [0.15, 0.2) is 22.8 Å². The molecular weight excluding hydrogens is 441 g/mol. The molecule has 10 heteroatoms. The summed E-state index contributed by atoms with van der Waals surface area (Å²) in [6.45, 7) is 4.07. The first-order valence-corrected chi connectivity index (χ1v) is 9.54. The topological polar surface area (TPSA) is 74.8 Å². The third-order valence-electron chi connectivity index (χ3n) is 4.70. The van der Waals surface area contributed by atoms with Gasteiger partial charge in [0, 0.05) is 24.7 Å². The molecule has 0 spiro atoms. The second-order valence-corrected chi connectivity index (χ2v) is 7.07. The number of methoxy groups -OCH3 is 1. The molecule has 0 aromatic heterocycles. The Balaban J connectivity index is 2.60. The summed E-state index contributed by atoms with van der Waals surface area (Å²) in [6.07, 6.45) is -3.81. The smallest absolute Gasteiger partial charge is 0.496 e. The van der Waals surface area contributed by atoms with Crippen LogP contribution in [0, 0.1) is 5.41 Å². The van der Waals surface area contributed by atoms with E-state index in [1.807, 2.05) is 18.7 Å². The van der Waals surface area contributed by atoms with E-state index in [-0.39, 0.29) is 23.4 Å². The molecule has 0 aliphatic carbocycles. The quantitative estimate of drug-likeness (QED) is 0.613. The Labute approximate surface area is 170 Å². The molecule has 156 valence electrons. The molecule has 1 aromatic carbocycles. The number of nitrogens with one attached hydrogen (secondary N) is 1. The average molecular weight is 465 g/mol. The van der Waals surface area contributed by atoms with Crippen LogP contribution in [0.5, 0.6) is 11.5 Å². The summed E-state index contributed by atoms with van der Waals surface area (Å²) in [4.78, 5) is 3.51. The Morgan fingerprint density at radius 1 is 1.29 bits per heavy atom. The predicted molar refractivity (Wildman–Crippen MR) is 105 cm³/mol. The van der Waals surface area contributed by atoms with Crippen LogP contribution < -0.4 is 15.2 Å². The number of halogens is 4. The van der Waals surface area contributed by atoms with Gasteiger partial charge in [-0.3, -0.25) is 5.41 Å². The minimum atomic E-state index is -4.80. The SMILES string of the molecule is CCC(CC)N1C(Br)=C(c2ccc(OC(F)(F)F)cc2OC)N(C)C(=N)C1N. The van der Waals surface area contributed by atoms with Crippen molar-refractivity contribution in [1.82, 2.24) is 9.80 Å². The van der Waals surface area contributed by atoms with Crippen LogP contribution in [-0.4, -0.2) is 48.4 Å². The van der Waals surface area contributed by atoms with Crippen molar-refractivity contribution in [3.63, 3.8) is 0 Å². The number of nitrogens with two attached hydrogens (primary N) is 1. The zero-order valence-electron chi connectivity index (χ0n) is 16.1. The first kappa shape index (κ1) is 22.4. The van der Waals surface area contributed by atoms with E-state index in [1.54, 1.807) is 11.9 Å². The predicted octanol–water partition coefficient (Wildman–Crippen LogP) is 4.31. The van der Waals surface area contributed by atoms with Gasteiger partial charge in [0.2, 0.25) is 0 Å². The summed E-state index contributed by atoms with van der Waals surface area (Å²) in [7, 11) is 3.05. The number of hydrogen-bond acceptors (Lipinski definition) is 5. The van der Waals surface area contributed by atoms with Crippen LogP contribution in [0.4, 0.5) is 13.2 Å². The lowest BCUT2D eigenvalue weighted by Gasteiger charge is -2.45. The lowest BCUT2D eigenvalue weighted by molar-refractivity contribution is -0.274. The number of hydrogen-bond donors (Lipinski definition) is 2. The fourth-order valence-corrected chi connectivity index (χ4v) is 4.25. The highest BCUT2D eigenvalue weighted by atomic mass is 79.9. The molecule has 28 heavy (non-hydrogen) atoms. The number of rotatable bonds is 6. The Kier molecular flexibility index (Phi) is 6.87. The molecule has 0 amide bonds. The monoisotopic (exact) mass is 464 g/mol. The zero-order chi connectivity index (χ0) is 21.2. The largest absolute Gasteiger partial charge is 0.573 e. The summed E-state index contributed by atoms with van der Waals surface area (Å²) in [6, 6.07) is 3.95. The lowest BCUT2D eigenvalue weighted by atomic mass is 10.0. The Morgan fingerprint density at radius 2 is 1.89 bits per heavy atom. The van der Waals surface area contributed by atoms with Gasteiger partial charge in [-0.05, 0) is 40.9 Å². The van der Waals surface area contributed by atoms with Gasteiger partial charge in [-0.2, -0.15) is 0 Å². The van der Waals surface area contributed by atoms with E-state index in [2.05, 4.69) is 20.7 Å². The van der Waals surface area contributed by atoms with Crippen LogP contribution >= 0.6 is 15.9 Å². The van der Waals surface area contributed by atoms with Crippen LogP contribution in [-0.2, 0) is 0 Å². The van der Waals surface area contributed by atoms with E-state index in [0.717, 1.165) is 12.8 Å². The maximum absolute atomic E-state index is 12.5. The van der Waals surface area contributed by atoms with Gasteiger partial charge < -0.3 is 25.0 Å². The number of alkyl halides is 3. The third kappa shape index (κ3) is 4.38. The fourth-order valence-electron chi connectivity index (χ4n) is 3.26. The lowest BCUT2D eigenvalue weighted by Crippen LogP contribution is -2.58. The second kappa shape index (κ2) is 8.60. The van der Waals surface area contributed by atoms with Crippen molar-refractivity contribution in [2.45, 2.75) is 45.3 Å². The maximum Gasteiger partial charge on any atom is 0.573 e. The Bertz CT molecular complexity index is 766. The normalized spacial score (nSPS) is 18.2. The highest BCUT2D eigenvalue weighted by Gasteiger charge is 2.37. The molecule has 1 aliphatic heterocycles. The van der Waals surface area contributed by atoms with Crippen molar-refractivity contribution in [1.29, 1.82) is 5.41 Å². The van der Waals surface area contributed by atoms with Gasteiger partial charge in [0.05, 0.1) is 12.8 Å². The molecule has 1 heterocycles. The van der Waals surface area contributed by atoms with E-state index in [9.17, 15) is 13.2 Å². The maximum atomic E-state index is 12.5. The van der Waals surface area contributed by atoms with E-state index in [4.69, 9.17) is 15.9 Å². The molecule has 0 radical (unpaired) electrons. The van der Waals surface area contributed by atoms with Crippen molar-refractivity contribution in [3.05, 3.63) is 28.4 Å². The van der Waals surface area contributed by atoms with Crippen molar-refractivity contribution < 1.29 is 22.6 Å². The van der Waals surface area contributed by atoms with Gasteiger partial charge in [0.15, 0.2) is 0 Å². The number of amidine groups is 1. The average Bonchev–Trinajstić information content (AvgIpc) is 2.63. The molecule has 0 saturated carbocycles. The Morgan fingerprint density at radius 3 is 2.39 bits per heavy atom. The summed E-state index contributed by atoms with van der Waals surface area (Å²) in [5.41, 5.74) is 7.37. The molecule has 1 aromatic rings. The van der Waals surface area contributed by atoms with Gasteiger partial charge in [-0.25, -0.2) is 0 Å². The third-order valence-corrected chi connectivity index (χ3v) is 5.48. The summed E-state index contributed by atoms with van der Waals surface area (Å²) in [5, 5.41) is 8.42. The molecule has 1 aliphatic rings. The van der Waals surface area contributed by atoms with E-state index < -0.39 is 12.5 Å². The fraction of sp³-hybridized carbons (Fsp3) is 0.500. The molecule has 0 bridgehead atoms. The molecule has 0 fully saturated rings. The first-order valence-electron chi connectivity index (χ1n) is 8.75. The van der Waals surface area contributed by atoms with Crippen molar-refractivity contribution in [2.24, 2.45) is 5.73 Å². The minimum Gasteiger partial charge on any atom is -0.496 e. The second-order valence-electron chi connectivity index (χ2n) is 6.32. The highest BCUT2D eigenvalue weighted by Crippen LogP contribution is 2.41. The van der Waals surface area contributed by atoms with Gasteiger partial charge in [-0.15, -0.1) is 13.2 Å². The van der Waals surface area contributed by atoms with Crippen LogP contribution in [0.1, 0.15) is 32.3 Å². The number of ether oxygens (including phenoxy) is 2. The van der Waals surface area contributed by atoms with Crippen LogP contribution in [0.2, 0.25) is 0 Å². The van der Waals surface area contributed by atoms with Crippen molar-refractivity contribution >= 4 is 27.5 Å². The standard InChI is InChI=1S/C18H24BrF3N4O2/c1-5-10(6-2)26-15(19)14(25(3)16(23)17(26)24)12-8-7-11(9-13(12)27-4)28-18(20,21)22/h7-10,17,23H,5-6,24H2,1-4H3. The molecule has 3 N–H and O–H groups in total. The molecule has 1 atom stereocenters. The number of nitrogens with zero attached hydrogens (tertiary/aromatic N) is 2. The Hall–Kier alpha value is -1.94. The van der Waals surface area contributed by atoms with Gasteiger partial charge in [0.1, 0.15) is 28.1 Å². The van der Waals surface area contributed by atoms with Crippen molar-refractivity contribution in [2.75, 3.05) is 14.2 Å². The van der Waals surface area contributed by atoms with Gasteiger partial charge in [-0.1, -0.05) is 13.8 Å². The van der Waals surface area contributed by atoms with E-state index >= 15 is 0 Å². The molecule has 1 unspecified atom stereocenters. The zero-order valence-corrected chi connectivity index (χ0v) is 17.7. The summed E-state index contributed by atoms with van der Waals surface area (Å²) < 4.78 is 47.5. The van der Waals surface area contributed by atoms with Gasteiger partial charge in [0.25, 0.3) is 0 Å². The summed E-state index contributed by atoms with van der Waals surface area (Å²) in [5.74, 6) is -0.0250. The highest BCUT2D eigenvalue weighted by molar-refractivity contribution is 9.11. The first-order chi connectivity index (χ1) is 13.1. The minimum absolute atomic E-state index is 0.0901. The molecule has 6 nitrogen and oxygen atoms in total. The van der Waals surface area contributed by atoms with E-state index in [0.29, 0.717) is 15.9 Å².